The van der Waals surface area contributed by atoms with E-state index in [0.29, 0.717) is 11.5 Å². The topological polar surface area (TPSA) is 66.2 Å². The molecule has 118 valence electrons. The Morgan fingerprint density at radius 3 is 3.05 bits per heavy atom. The number of carbonyl (C=O) groups is 1. The molecular formula is C16H21N3O2S. The van der Waals surface area contributed by atoms with E-state index in [1.807, 2.05) is 20.8 Å². The van der Waals surface area contributed by atoms with Gasteiger partial charge in [0.2, 0.25) is 0 Å². The molecule has 5 nitrogen and oxygen atoms in total. The van der Waals surface area contributed by atoms with E-state index in [1.54, 1.807) is 35.0 Å². The molecule has 22 heavy (non-hydrogen) atoms. The maximum Gasteiger partial charge on any atom is 0.410 e. The molecule has 2 rings (SSSR count). The van der Waals surface area contributed by atoms with Crippen LogP contribution >= 0.6 is 11.8 Å². The Morgan fingerprint density at radius 1 is 1.59 bits per heavy atom. The Labute approximate surface area is 135 Å². The monoisotopic (exact) mass is 319 g/mol. The van der Waals surface area contributed by atoms with Crippen LogP contribution in [0, 0.1) is 17.2 Å². The number of nitrogens with zero attached hydrogens (tertiary/aromatic N) is 3. The molecule has 1 aliphatic heterocycles. The number of hydrogen-bond donors (Lipinski definition) is 0. The molecule has 1 amide bonds. The molecule has 0 saturated carbocycles. The van der Waals surface area contributed by atoms with Gasteiger partial charge < -0.3 is 9.64 Å². The van der Waals surface area contributed by atoms with E-state index in [1.165, 1.54) is 0 Å². The van der Waals surface area contributed by atoms with Crippen LogP contribution in [0.15, 0.2) is 23.4 Å². The zero-order valence-electron chi connectivity index (χ0n) is 13.2. The summed E-state index contributed by atoms with van der Waals surface area (Å²) in [6, 6.07) is 5.61. The zero-order chi connectivity index (χ0) is 16.2. The van der Waals surface area contributed by atoms with Crippen LogP contribution in [0.25, 0.3) is 0 Å². The van der Waals surface area contributed by atoms with Crippen LogP contribution in [-0.4, -0.2) is 40.4 Å². The van der Waals surface area contributed by atoms with Crippen molar-refractivity contribution in [1.29, 1.82) is 5.26 Å². The molecule has 0 spiro atoms. The molecule has 1 aliphatic rings. The minimum atomic E-state index is -0.453. The van der Waals surface area contributed by atoms with E-state index in [9.17, 15) is 4.79 Å². The molecule has 0 aliphatic carbocycles. The van der Waals surface area contributed by atoms with Crippen LogP contribution in [0.2, 0.25) is 0 Å². The van der Waals surface area contributed by atoms with Crippen molar-refractivity contribution in [1.82, 2.24) is 9.88 Å². The van der Waals surface area contributed by atoms with Crippen molar-refractivity contribution in [3.05, 3.63) is 23.9 Å². The summed E-state index contributed by atoms with van der Waals surface area (Å²) < 4.78 is 5.39. The van der Waals surface area contributed by atoms with Gasteiger partial charge in [-0.15, -0.1) is 11.8 Å². The summed E-state index contributed by atoms with van der Waals surface area (Å²) in [5, 5.41) is 9.74. The second-order valence-electron chi connectivity index (χ2n) is 6.39. The molecule has 0 bridgehead atoms. The Hall–Kier alpha value is -1.74. The lowest BCUT2D eigenvalue weighted by Gasteiger charge is -2.24. The lowest BCUT2D eigenvalue weighted by molar-refractivity contribution is 0.0289. The SMILES string of the molecule is CC(C)(C)OC(=O)N1CC[C@@H](CSc2cc(C#N)ccn2)C1. The van der Waals surface area contributed by atoms with E-state index in [0.717, 1.165) is 30.3 Å². The summed E-state index contributed by atoms with van der Waals surface area (Å²) >= 11 is 1.63. The summed E-state index contributed by atoms with van der Waals surface area (Å²) in [6.45, 7) is 7.10. The number of likely N-dealkylation sites (tertiary alicyclic amines) is 1. The molecule has 6 heteroatoms. The minimum absolute atomic E-state index is 0.232. The van der Waals surface area contributed by atoms with Crippen LogP contribution in [0.1, 0.15) is 32.8 Å². The average Bonchev–Trinajstić information content (AvgIpc) is 2.92. The standard InChI is InChI=1S/C16H21N3O2S/c1-16(2,3)21-15(20)19-7-5-13(10-19)11-22-14-8-12(9-17)4-6-18-14/h4,6,8,13H,5,7,10-11H2,1-3H3/t13-/m1/s1. The van der Waals surface area contributed by atoms with E-state index >= 15 is 0 Å². The second-order valence-corrected chi connectivity index (χ2v) is 7.43. The summed E-state index contributed by atoms with van der Waals surface area (Å²) in [7, 11) is 0. The summed E-state index contributed by atoms with van der Waals surface area (Å²) in [6.07, 6.45) is 2.40. The number of thioether (sulfide) groups is 1. The van der Waals surface area contributed by atoms with Gasteiger partial charge in [-0.25, -0.2) is 9.78 Å². The third-order valence-electron chi connectivity index (χ3n) is 3.27. The molecule has 0 unspecified atom stereocenters. The summed E-state index contributed by atoms with van der Waals surface area (Å²) in [4.78, 5) is 18.0. The number of amides is 1. The number of aromatic nitrogens is 1. The highest BCUT2D eigenvalue weighted by Gasteiger charge is 2.29. The fourth-order valence-electron chi connectivity index (χ4n) is 2.22. The normalized spacial score (nSPS) is 18.1. The first-order valence-corrected chi connectivity index (χ1v) is 8.33. The number of rotatable bonds is 3. The van der Waals surface area contributed by atoms with E-state index in [2.05, 4.69) is 11.1 Å². The van der Waals surface area contributed by atoms with Crippen molar-refractivity contribution in [2.45, 2.75) is 37.8 Å². The van der Waals surface area contributed by atoms with Crippen LogP contribution in [0.3, 0.4) is 0 Å². The first kappa shape index (κ1) is 16.6. The first-order valence-electron chi connectivity index (χ1n) is 7.34. The van der Waals surface area contributed by atoms with Gasteiger partial charge in [0, 0.05) is 25.0 Å². The lowest BCUT2D eigenvalue weighted by atomic mass is 10.2. The predicted octanol–water partition coefficient (Wildman–Crippen LogP) is 3.30. The number of ether oxygens (including phenoxy) is 1. The number of pyridine rings is 1. The predicted molar refractivity (Wildman–Crippen MR) is 85.6 cm³/mol. The third kappa shape index (κ3) is 4.92. The van der Waals surface area contributed by atoms with Gasteiger partial charge in [0.1, 0.15) is 5.60 Å². The Bertz CT molecular complexity index is 577. The van der Waals surface area contributed by atoms with E-state index in [-0.39, 0.29) is 6.09 Å². The first-order chi connectivity index (χ1) is 10.4. The largest absolute Gasteiger partial charge is 0.444 e. The fraction of sp³-hybridized carbons (Fsp3) is 0.562. The fourth-order valence-corrected chi connectivity index (χ4v) is 3.25. The average molecular weight is 319 g/mol. The molecular weight excluding hydrogens is 298 g/mol. The molecule has 2 heterocycles. The highest BCUT2D eigenvalue weighted by Crippen LogP contribution is 2.26. The second kappa shape index (κ2) is 7.01. The Balaban J connectivity index is 1.81. The Morgan fingerprint density at radius 2 is 2.36 bits per heavy atom. The maximum atomic E-state index is 12.0. The van der Waals surface area contributed by atoms with Crippen molar-refractivity contribution < 1.29 is 9.53 Å². The van der Waals surface area contributed by atoms with Crippen LogP contribution in [0.4, 0.5) is 4.79 Å². The smallest absolute Gasteiger partial charge is 0.410 e. The quantitative estimate of drug-likeness (QED) is 0.800. The summed E-state index contributed by atoms with van der Waals surface area (Å²) in [5.41, 5.74) is 0.172. The van der Waals surface area contributed by atoms with Crippen molar-refractivity contribution in [3.63, 3.8) is 0 Å². The lowest BCUT2D eigenvalue weighted by Crippen LogP contribution is -2.35. The van der Waals surface area contributed by atoms with Crippen LogP contribution < -0.4 is 0 Å². The maximum absolute atomic E-state index is 12.0. The minimum Gasteiger partial charge on any atom is -0.444 e. The molecule has 0 aromatic carbocycles. The summed E-state index contributed by atoms with van der Waals surface area (Å²) in [5.74, 6) is 1.33. The van der Waals surface area contributed by atoms with E-state index in [4.69, 9.17) is 10.00 Å². The van der Waals surface area contributed by atoms with Gasteiger partial charge in [0.25, 0.3) is 0 Å². The highest BCUT2D eigenvalue weighted by atomic mass is 32.2. The highest BCUT2D eigenvalue weighted by molar-refractivity contribution is 7.99. The van der Waals surface area contributed by atoms with Gasteiger partial charge in [-0.05, 0) is 45.2 Å². The Kier molecular flexibility index (Phi) is 5.30. The van der Waals surface area contributed by atoms with Gasteiger partial charge in [-0.3, -0.25) is 0 Å². The van der Waals surface area contributed by atoms with Crippen LogP contribution in [-0.2, 0) is 4.74 Å². The van der Waals surface area contributed by atoms with Crippen molar-refractivity contribution in [3.8, 4) is 6.07 Å². The third-order valence-corrected chi connectivity index (χ3v) is 4.43. The van der Waals surface area contributed by atoms with Crippen LogP contribution in [0.5, 0.6) is 0 Å². The molecule has 1 saturated heterocycles. The van der Waals surface area contributed by atoms with Gasteiger partial charge >= 0.3 is 6.09 Å². The number of hydrogen-bond acceptors (Lipinski definition) is 5. The zero-order valence-corrected chi connectivity index (χ0v) is 14.0. The van der Waals surface area contributed by atoms with E-state index < -0.39 is 5.60 Å². The molecule has 0 radical (unpaired) electrons. The van der Waals surface area contributed by atoms with Gasteiger partial charge in [-0.2, -0.15) is 5.26 Å². The van der Waals surface area contributed by atoms with Gasteiger partial charge in [0.15, 0.2) is 0 Å². The molecule has 1 fully saturated rings. The molecule has 1 atom stereocenters. The van der Waals surface area contributed by atoms with Gasteiger partial charge in [-0.1, -0.05) is 0 Å². The van der Waals surface area contributed by atoms with Crippen molar-refractivity contribution in [2.75, 3.05) is 18.8 Å². The molecule has 1 aromatic heterocycles. The van der Waals surface area contributed by atoms with Crippen molar-refractivity contribution >= 4 is 17.9 Å². The number of nitriles is 1. The molecule has 0 N–H and O–H groups in total. The van der Waals surface area contributed by atoms with Gasteiger partial charge in [0.05, 0.1) is 16.7 Å². The number of carbonyl (C=O) groups excluding carboxylic acids is 1. The van der Waals surface area contributed by atoms with Crippen molar-refractivity contribution in [2.24, 2.45) is 5.92 Å². The molecule has 1 aromatic rings.